The summed E-state index contributed by atoms with van der Waals surface area (Å²) in [5.74, 6) is 0.199. The lowest BCUT2D eigenvalue weighted by Crippen LogP contribution is -2.29. The minimum Gasteiger partial charge on any atom is -0.496 e. The van der Waals surface area contributed by atoms with Crippen LogP contribution >= 0.6 is 0 Å². The average molecular weight is 272 g/mol. The van der Waals surface area contributed by atoms with Crippen LogP contribution in [0.5, 0.6) is 11.5 Å². The first-order valence-electron chi connectivity index (χ1n) is 6.27. The fourth-order valence-electron chi connectivity index (χ4n) is 1.91. The van der Waals surface area contributed by atoms with Crippen LogP contribution in [0.1, 0.15) is 5.56 Å². The molecule has 1 unspecified atom stereocenters. The minimum absolute atomic E-state index is 0.244. The van der Waals surface area contributed by atoms with E-state index in [4.69, 9.17) is 9.47 Å². The molecule has 20 heavy (non-hydrogen) atoms. The van der Waals surface area contributed by atoms with E-state index in [1.807, 2.05) is 24.3 Å². The van der Waals surface area contributed by atoms with Gasteiger partial charge < -0.3 is 14.6 Å². The molecule has 0 saturated heterocycles. The Balaban J connectivity index is 2.16. The van der Waals surface area contributed by atoms with Crippen molar-refractivity contribution in [3.05, 3.63) is 60.2 Å². The molecule has 0 saturated carbocycles. The second-order valence-corrected chi connectivity index (χ2v) is 4.27. The van der Waals surface area contributed by atoms with Crippen molar-refractivity contribution in [2.45, 2.75) is 12.5 Å². The molecule has 104 valence electrons. The number of carboxylic acid groups (broad SMARTS) is 1. The molecule has 0 amide bonds. The van der Waals surface area contributed by atoms with Crippen LogP contribution < -0.4 is 9.47 Å². The van der Waals surface area contributed by atoms with Crippen molar-refractivity contribution in [3.8, 4) is 11.5 Å². The van der Waals surface area contributed by atoms with Gasteiger partial charge in [-0.25, -0.2) is 4.79 Å². The van der Waals surface area contributed by atoms with Crippen LogP contribution in [-0.2, 0) is 11.2 Å². The summed E-state index contributed by atoms with van der Waals surface area (Å²) >= 11 is 0. The van der Waals surface area contributed by atoms with E-state index in [9.17, 15) is 9.90 Å². The van der Waals surface area contributed by atoms with Crippen LogP contribution in [0.3, 0.4) is 0 Å². The molecule has 0 fully saturated rings. The van der Waals surface area contributed by atoms with Crippen LogP contribution in [0.25, 0.3) is 0 Å². The van der Waals surface area contributed by atoms with Crippen LogP contribution in [0.2, 0.25) is 0 Å². The molecule has 0 aliphatic rings. The molecule has 4 nitrogen and oxygen atoms in total. The first kappa shape index (κ1) is 13.9. The molecule has 0 aliphatic heterocycles. The van der Waals surface area contributed by atoms with E-state index in [2.05, 4.69) is 0 Å². The van der Waals surface area contributed by atoms with Gasteiger partial charge in [0.05, 0.1) is 7.11 Å². The second kappa shape index (κ2) is 6.61. The molecule has 2 rings (SSSR count). The highest BCUT2D eigenvalue weighted by atomic mass is 16.5. The van der Waals surface area contributed by atoms with Crippen molar-refractivity contribution in [3.63, 3.8) is 0 Å². The number of aliphatic carboxylic acids is 1. The number of methoxy groups -OCH3 is 1. The molecule has 2 aromatic carbocycles. The lowest BCUT2D eigenvalue weighted by atomic mass is 10.1. The summed E-state index contributed by atoms with van der Waals surface area (Å²) < 4.78 is 10.8. The number of para-hydroxylation sites is 2. The SMILES string of the molecule is COc1ccccc1CC(Oc1ccccc1)C(=O)O. The third-order valence-corrected chi connectivity index (χ3v) is 2.89. The first-order chi connectivity index (χ1) is 9.70. The normalized spacial score (nSPS) is 11.7. The molecule has 1 N–H and O–H groups in total. The van der Waals surface area contributed by atoms with Crippen molar-refractivity contribution in [2.75, 3.05) is 7.11 Å². The number of benzene rings is 2. The maximum Gasteiger partial charge on any atom is 0.345 e. The first-order valence-corrected chi connectivity index (χ1v) is 6.27. The zero-order valence-corrected chi connectivity index (χ0v) is 11.2. The molecule has 0 bridgehead atoms. The molecular formula is C16H16O4. The lowest BCUT2D eigenvalue weighted by Gasteiger charge is -2.16. The fraction of sp³-hybridized carbons (Fsp3) is 0.188. The molecule has 4 heteroatoms. The van der Waals surface area contributed by atoms with Gasteiger partial charge in [-0.05, 0) is 23.8 Å². The summed E-state index contributed by atoms with van der Waals surface area (Å²) in [4.78, 5) is 11.3. The van der Waals surface area contributed by atoms with Crippen LogP contribution in [0.4, 0.5) is 0 Å². The molecule has 0 aliphatic carbocycles. The van der Waals surface area contributed by atoms with Gasteiger partial charge in [0, 0.05) is 6.42 Å². The van der Waals surface area contributed by atoms with Gasteiger partial charge in [0.2, 0.25) is 0 Å². The van der Waals surface area contributed by atoms with Gasteiger partial charge in [-0.2, -0.15) is 0 Å². The van der Waals surface area contributed by atoms with Gasteiger partial charge in [-0.1, -0.05) is 36.4 Å². The maximum absolute atomic E-state index is 11.3. The molecular weight excluding hydrogens is 256 g/mol. The van der Waals surface area contributed by atoms with Crippen LogP contribution in [-0.4, -0.2) is 24.3 Å². The monoisotopic (exact) mass is 272 g/mol. The number of hydrogen-bond donors (Lipinski definition) is 1. The Labute approximate surface area is 117 Å². The summed E-state index contributed by atoms with van der Waals surface area (Å²) in [6, 6.07) is 16.3. The molecule has 0 heterocycles. The molecule has 0 radical (unpaired) electrons. The third kappa shape index (κ3) is 3.51. The average Bonchev–Trinajstić information content (AvgIpc) is 2.48. The van der Waals surface area contributed by atoms with Crippen molar-refractivity contribution < 1.29 is 19.4 Å². The Bertz CT molecular complexity index is 566. The summed E-state index contributed by atoms with van der Waals surface area (Å²) in [7, 11) is 1.56. The van der Waals surface area contributed by atoms with Gasteiger partial charge in [-0.3, -0.25) is 0 Å². The second-order valence-electron chi connectivity index (χ2n) is 4.27. The van der Waals surface area contributed by atoms with E-state index < -0.39 is 12.1 Å². The zero-order chi connectivity index (χ0) is 14.4. The van der Waals surface area contributed by atoms with Crippen molar-refractivity contribution >= 4 is 5.97 Å². The van der Waals surface area contributed by atoms with Gasteiger partial charge in [0.15, 0.2) is 6.10 Å². The Morgan fingerprint density at radius 2 is 1.75 bits per heavy atom. The Hall–Kier alpha value is -2.49. The van der Waals surface area contributed by atoms with Crippen molar-refractivity contribution in [2.24, 2.45) is 0 Å². The molecule has 1 atom stereocenters. The van der Waals surface area contributed by atoms with Gasteiger partial charge in [0.1, 0.15) is 11.5 Å². The molecule has 0 spiro atoms. The predicted molar refractivity (Wildman–Crippen MR) is 75.2 cm³/mol. The maximum atomic E-state index is 11.3. The Morgan fingerprint density at radius 1 is 1.10 bits per heavy atom. The van der Waals surface area contributed by atoms with Crippen LogP contribution in [0, 0.1) is 0 Å². The Morgan fingerprint density at radius 3 is 2.40 bits per heavy atom. The van der Waals surface area contributed by atoms with E-state index in [0.29, 0.717) is 11.5 Å². The zero-order valence-electron chi connectivity index (χ0n) is 11.2. The largest absolute Gasteiger partial charge is 0.496 e. The van der Waals surface area contributed by atoms with Crippen molar-refractivity contribution in [1.29, 1.82) is 0 Å². The molecule has 0 aromatic heterocycles. The standard InChI is InChI=1S/C16H16O4/c1-19-14-10-6-5-7-12(14)11-15(16(17)18)20-13-8-3-2-4-9-13/h2-10,15H,11H2,1H3,(H,17,18). The van der Waals surface area contributed by atoms with E-state index in [1.165, 1.54) is 0 Å². The van der Waals surface area contributed by atoms with Crippen molar-refractivity contribution in [1.82, 2.24) is 0 Å². The van der Waals surface area contributed by atoms with Gasteiger partial charge >= 0.3 is 5.97 Å². The summed E-state index contributed by atoms with van der Waals surface area (Å²) in [5.41, 5.74) is 0.804. The summed E-state index contributed by atoms with van der Waals surface area (Å²) in [6.45, 7) is 0. The quantitative estimate of drug-likeness (QED) is 0.878. The Kier molecular flexibility index (Phi) is 4.60. The number of carbonyl (C=O) groups is 1. The van der Waals surface area contributed by atoms with E-state index in [1.54, 1.807) is 37.4 Å². The fourth-order valence-corrected chi connectivity index (χ4v) is 1.91. The number of ether oxygens (including phenoxy) is 2. The molecule has 2 aromatic rings. The van der Waals surface area contributed by atoms with E-state index >= 15 is 0 Å². The summed E-state index contributed by atoms with van der Waals surface area (Å²) in [6.07, 6.45) is -0.706. The minimum atomic E-state index is -1.00. The predicted octanol–water partition coefficient (Wildman–Crippen LogP) is 2.77. The van der Waals surface area contributed by atoms with E-state index in [-0.39, 0.29) is 6.42 Å². The topological polar surface area (TPSA) is 55.8 Å². The summed E-state index contributed by atoms with van der Waals surface area (Å²) in [5, 5.41) is 9.29. The highest BCUT2D eigenvalue weighted by Gasteiger charge is 2.21. The van der Waals surface area contributed by atoms with Crippen LogP contribution in [0.15, 0.2) is 54.6 Å². The third-order valence-electron chi connectivity index (χ3n) is 2.89. The van der Waals surface area contributed by atoms with E-state index in [0.717, 1.165) is 5.56 Å². The highest BCUT2D eigenvalue weighted by Crippen LogP contribution is 2.21. The number of rotatable bonds is 6. The highest BCUT2D eigenvalue weighted by molar-refractivity contribution is 5.73. The number of carboxylic acids is 1. The lowest BCUT2D eigenvalue weighted by molar-refractivity contribution is -0.145. The van der Waals surface area contributed by atoms with Gasteiger partial charge in [0.25, 0.3) is 0 Å². The smallest absolute Gasteiger partial charge is 0.345 e. The van der Waals surface area contributed by atoms with Gasteiger partial charge in [-0.15, -0.1) is 0 Å². The number of hydrogen-bond acceptors (Lipinski definition) is 3.